The molecule has 0 radical (unpaired) electrons. The third-order valence-corrected chi connectivity index (χ3v) is 8.71. The molecule has 2 aliphatic rings. The van der Waals surface area contributed by atoms with E-state index < -0.39 is 0 Å². The van der Waals surface area contributed by atoms with Crippen molar-refractivity contribution in [1.82, 2.24) is 9.78 Å². The Morgan fingerprint density at radius 1 is 0.892 bits per heavy atom. The summed E-state index contributed by atoms with van der Waals surface area (Å²) in [5, 5.41) is 6.06. The fraction of sp³-hybridized carbons (Fsp3) is 0.344. The molecule has 0 N–H and O–H groups in total. The van der Waals surface area contributed by atoms with Crippen LogP contribution in [0.4, 0.5) is 0 Å². The molecule has 0 atom stereocenters. The van der Waals surface area contributed by atoms with Crippen molar-refractivity contribution in [1.29, 1.82) is 0 Å². The van der Waals surface area contributed by atoms with Crippen LogP contribution in [0, 0.1) is 17.3 Å². The highest BCUT2D eigenvalue weighted by Crippen LogP contribution is 2.62. The van der Waals surface area contributed by atoms with Crippen LogP contribution < -0.4 is 0 Å². The van der Waals surface area contributed by atoms with Crippen LogP contribution in [-0.2, 0) is 11.3 Å². The summed E-state index contributed by atoms with van der Waals surface area (Å²) in [7, 11) is 0. The minimum atomic E-state index is 0.169. The summed E-state index contributed by atoms with van der Waals surface area (Å²) in [6.07, 6.45) is 7.57. The second-order valence-electron chi connectivity index (χ2n) is 11.3. The monoisotopic (exact) mass is 510 g/mol. The maximum absolute atomic E-state index is 13.5. The zero-order valence-electron chi connectivity index (χ0n) is 21.1. The number of aromatic nitrogens is 2. The maximum atomic E-state index is 13.5. The van der Waals surface area contributed by atoms with E-state index in [0.29, 0.717) is 53.0 Å². The number of Topliss-reactive ketones (excluding diaryl/α,β-unsaturated/α-hetero) is 2. The van der Waals surface area contributed by atoms with Crippen molar-refractivity contribution in [2.75, 3.05) is 0 Å². The first-order chi connectivity index (χ1) is 17.9. The van der Waals surface area contributed by atoms with E-state index in [1.54, 1.807) is 13.1 Å². The Bertz CT molecular complexity index is 1460. The lowest BCUT2D eigenvalue weighted by atomic mass is 9.47. The second kappa shape index (κ2) is 9.57. The van der Waals surface area contributed by atoms with Gasteiger partial charge in [-0.15, -0.1) is 0 Å². The summed E-state index contributed by atoms with van der Waals surface area (Å²) in [4.78, 5) is 24.9. The number of fused-ring (bicyclic) bond motifs is 1. The normalized spacial score (nSPS) is 22.5. The van der Waals surface area contributed by atoms with Gasteiger partial charge in [-0.3, -0.25) is 9.48 Å². The molecule has 5 heteroatoms. The van der Waals surface area contributed by atoms with Crippen LogP contribution in [0.25, 0.3) is 22.0 Å². The Balaban J connectivity index is 1.17. The van der Waals surface area contributed by atoms with Crippen LogP contribution in [0.3, 0.4) is 0 Å². The van der Waals surface area contributed by atoms with Crippen LogP contribution in [0.1, 0.15) is 61.4 Å². The van der Waals surface area contributed by atoms with Crippen LogP contribution in [0.5, 0.6) is 0 Å². The van der Waals surface area contributed by atoms with E-state index in [1.165, 1.54) is 11.1 Å². The molecule has 0 saturated heterocycles. The van der Waals surface area contributed by atoms with Crippen molar-refractivity contribution in [3.63, 3.8) is 0 Å². The van der Waals surface area contributed by atoms with Crippen molar-refractivity contribution in [3.05, 3.63) is 89.1 Å². The number of hydrogen-bond donors (Lipinski definition) is 0. The molecule has 3 aromatic carbocycles. The van der Waals surface area contributed by atoms with Gasteiger partial charge in [0.2, 0.25) is 0 Å². The SMILES string of the molecule is CC(=O)CC1CC2(C1)CC(CC(=O)c1ccc(Cl)c3cnn(Cc4ccc(-c5ccccc5)cc4)c13)C2. The number of carbonyl (C=O) groups excluding carboxylic acids is 2. The minimum Gasteiger partial charge on any atom is -0.300 e. The molecule has 0 unspecified atom stereocenters. The highest BCUT2D eigenvalue weighted by Gasteiger charge is 2.52. The van der Waals surface area contributed by atoms with Gasteiger partial charge < -0.3 is 4.79 Å². The van der Waals surface area contributed by atoms with Crippen molar-refractivity contribution in [2.24, 2.45) is 17.3 Å². The molecule has 0 bridgehead atoms. The lowest BCUT2D eigenvalue weighted by Crippen LogP contribution is -2.48. The molecule has 1 aromatic heterocycles. The zero-order chi connectivity index (χ0) is 25.6. The molecule has 188 valence electrons. The van der Waals surface area contributed by atoms with Crippen LogP contribution in [0.2, 0.25) is 5.02 Å². The van der Waals surface area contributed by atoms with Gasteiger partial charge in [-0.2, -0.15) is 5.10 Å². The molecule has 2 saturated carbocycles. The number of rotatable bonds is 8. The minimum absolute atomic E-state index is 0.169. The first-order valence-electron chi connectivity index (χ1n) is 13.2. The summed E-state index contributed by atoms with van der Waals surface area (Å²) in [6.45, 7) is 2.26. The number of halogens is 1. The van der Waals surface area contributed by atoms with Crippen LogP contribution in [0.15, 0.2) is 72.9 Å². The summed E-state index contributed by atoms with van der Waals surface area (Å²) in [5.41, 5.74) is 5.41. The Morgan fingerprint density at radius 2 is 1.54 bits per heavy atom. The zero-order valence-corrected chi connectivity index (χ0v) is 21.9. The van der Waals surface area contributed by atoms with Gasteiger partial charge in [0.1, 0.15) is 5.78 Å². The molecule has 4 nitrogen and oxygen atoms in total. The fourth-order valence-electron chi connectivity index (χ4n) is 6.85. The van der Waals surface area contributed by atoms with E-state index in [2.05, 4.69) is 41.5 Å². The molecular weight excluding hydrogens is 480 g/mol. The maximum Gasteiger partial charge on any atom is 0.165 e. The standard InChI is InChI=1S/C32H31ClN2O2/c1-21(36)13-23-15-32(16-23)17-24(18-32)14-30(37)27-11-12-29(33)28-19-34-35(31(27)28)20-22-7-9-26(10-8-22)25-5-3-2-4-6-25/h2-12,19,23-24H,13-18,20H2,1H3. The molecule has 2 fully saturated rings. The van der Waals surface area contributed by atoms with Gasteiger partial charge in [-0.1, -0.05) is 66.2 Å². The largest absolute Gasteiger partial charge is 0.300 e. The second-order valence-corrected chi connectivity index (χ2v) is 11.7. The molecular formula is C32H31ClN2O2. The molecule has 2 aliphatic carbocycles. The molecule has 0 amide bonds. The predicted octanol–water partition coefficient (Wildman–Crippen LogP) is 7.76. The highest BCUT2D eigenvalue weighted by atomic mass is 35.5. The first-order valence-corrected chi connectivity index (χ1v) is 13.6. The van der Waals surface area contributed by atoms with Gasteiger partial charge in [-0.05, 0) is 78.7 Å². The molecule has 1 heterocycles. The van der Waals surface area contributed by atoms with E-state index in [-0.39, 0.29) is 5.78 Å². The van der Waals surface area contributed by atoms with Crippen molar-refractivity contribution in [2.45, 2.75) is 52.0 Å². The van der Waals surface area contributed by atoms with E-state index in [1.807, 2.05) is 35.0 Å². The van der Waals surface area contributed by atoms with Gasteiger partial charge in [0.25, 0.3) is 0 Å². The topological polar surface area (TPSA) is 52.0 Å². The van der Waals surface area contributed by atoms with Gasteiger partial charge in [0.05, 0.1) is 23.3 Å². The highest BCUT2D eigenvalue weighted by molar-refractivity contribution is 6.36. The third-order valence-electron chi connectivity index (χ3n) is 8.38. The quantitative estimate of drug-likeness (QED) is 0.227. The van der Waals surface area contributed by atoms with Crippen molar-refractivity contribution < 1.29 is 9.59 Å². The Kier molecular flexibility index (Phi) is 6.24. The smallest absolute Gasteiger partial charge is 0.165 e. The third kappa shape index (κ3) is 4.75. The van der Waals surface area contributed by atoms with Crippen LogP contribution in [-0.4, -0.2) is 21.3 Å². The molecule has 1 spiro atoms. The number of carbonyl (C=O) groups is 2. The molecule has 6 rings (SSSR count). The van der Waals surface area contributed by atoms with E-state index in [9.17, 15) is 9.59 Å². The first kappa shape index (κ1) is 24.1. The van der Waals surface area contributed by atoms with Gasteiger partial charge in [-0.25, -0.2) is 0 Å². The fourth-order valence-corrected chi connectivity index (χ4v) is 7.05. The van der Waals surface area contributed by atoms with Crippen molar-refractivity contribution >= 4 is 34.1 Å². The Morgan fingerprint density at radius 3 is 2.22 bits per heavy atom. The average Bonchev–Trinajstić information content (AvgIpc) is 3.27. The number of benzene rings is 3. The van der Waals surface area contributed by atoms with E-state index >= 15 is 0 Å². The van der Waals surface area contributed by atoms with Gasteiger partial charge in [0, 0.05) is 23.8 Å². The van der Waals surface area contributed by atoms with Crippen LogP contribution >= 0.6 is 11.6 Å². The van der Waals surface area contributed by atoms with Crippen molar-refractivity contribution in [3.8, 4) is 11.1 Å². The molecule has 4 aromatic rings. The lowest BCUT2D eigenvalue weighted by Gasteiger charge is -2.58. The Labute approximate surface area is 222 Å². The number of nitrogens with zero attached hydrogens (tertiary/aromatic N) is 2. The molecule has 37 heavy (non-hydrogen) atoms. The number of hydrogen-bond acceptors (Lipinski definition) is 3. The molecule has 0 aliphatic heterocycles. The van der Waals surface area contributed by atoms with E-state index in [0.717, 1.165) is 42.1 Å². The predicted molar refractivity (Wildman–Crippen MR) is 148 cm³/mol. The lowest BCUT2D eigenvalue weighted by molar-refractivity contribution is -0.123. The summed E-state index contributed by atoms with van der Waals surface area (Å²) >= 11 is 6.51. The summed E-state index contributed by atoms with van der Waals surface area (Å²) in [5.74, 6) is 1.45. The van der Waals surface area contributed by atoms with E-state index in [4.69, 9.17) is 11.6 Å². The average molecular weight is 511 g/mol. The number of ketones is 2. The van der Waals surface area contributed by atoms with Gasteiger partial charge >= 0.3 is 0 Å². The summed E-state index contributed by atoms with van der Waals surface area (Å²) in [6, 6.07) is 22.5. The Hall–Kier alpha value is -3.24. The van der Waals surface area contributed by atoms with Gasteiger partial charge in [0.15, 0.2) is 5.78 Å². The summed E-state index contributed by atoms with van der Waals surface area (Å²) < 4.78 is 1.91.